The summed E-state index contributed by atoms with van der Waals surface area (Å²) < 4.78 is 0. The van der Waals surface area contributed by atoms with Crippen LogP contribution >= 0.6 is 24.0 Å². The highest BCUT2D eigenvalue weighted by molar-refractivity contribution is 7.98. The molecule has 0 amide bonds. The molecular formula is C10H22N2S2. The fourth-order valence-corrected chi connectivity index (χ4v) is 1.83. The van der Waals surface area contributed by atoms with Crippen LogP contribution in [0.3, 0.4) is 0 Å². The van der Waals surface area contributed by atoms with Gasteiger partial charge in [0.2, 0.25) is 0 Å². The van der Waals surface area contributed by atoms with Crippen molar-refractivity contribution in [1.82, 2.24) is 4.90 Å². The van der Waals surface area contributed by atoms with Gasteiger partial charge in [-0.2, -0.15) is 11.8 Å². The molecule has 0 rings (SSSR count). The topological polar surface area (TPSA) is 29.3 Å². The molecule has 4 heteroatoms. The molecule has 2 N–H and O–H groups in total. The fraction of sp³-hybridized carbons (Fsp3) is 0.900. The van der Waals surface area contributed by atoms with E-state index < -0.39 is 0 Å². The maximum absolute atomic E-state index is 5.50. The summed E-state index contributed by atoms with van der Waals surface area (Å²) in [7, 11) is 0. The quantitative estimate of drug-likeness (QED) is 0.650. The van der Waals surface area contributed by atoms with Gasteiger partial charge in [-0.15, -0.1) is 0 Å². The van der Waals surface area contributed by atoms with Crippen LogP contribution in [0, 0.1) is 5.92 Å². The zero-order chi connectivity index (χ0) is 11.0. The zero-order valence-corrected chi connectivity index (χ0v) is 11.1. The summed E-state index contributed by atoms with van der Waals surface area (Å²) in [5, 5.41) is 0. The average Bonchev–Trinajstić information content (AvgIpc) is 2.09. The normalized spacial score (nSPS) is 11.2. The molecule has 0 aliphatic heterocycles. The summed E-state index contributed by atoms with van der Waals surface area (Å²) >= 11 is 6.77. The van der Waals surface area contributed by atoms with Gasteiger partial charge in [0, 0.05) is 31.8 Å². The van der Waals surface area contributed by atoms with Crippen molar-refractivity contribution in [3.63, 3.8) is 0 Å². The smallest absolute Gasteiger partial charge is 0.0740 e. The van der Waals surface area contributed by atoms with E-state index >= 15 is 0 Å². The number of hydrogen-bond donors (Lipinski definition) is 1. The van der Waals surface area contributed by atoms with Gasteiger partial charge in [0.15, 0.2) is 0 Å². The van der Waals surface area contributed by atoms with Gasteiger partial charge >= 0.3 is 0 Å². The molecule has 0 heterocycles. The van der Waals surface area contributed by atoms with Crippen LogP contribution < -0.4 is 5.73 Å². The third-order valence-electron chi connectivity index (χ3n) is 1.91. The molecule has 0 aromatic rings. The number of hydrogen-bond acceptors (Lipinski definition) is 3. The summed E-state index contributed by atoms with van der Waals surface area (Å²) in [6.07, 6.45) is 2.98. The first-order valence-electron chi connectivity index (χ1n) is 5.05. The third kappa shape index (κ3) is 8.78. The highest BCUT2D eigenvalue weighted by atomic mass is 32.2. The number of nitrogens with two attached hydrogens (primary N) is 1. The number of thioether (sulfide) groups is 1. The van der Waals surface area contributed by atoms with E-state index in [1.165, 1.54) is 5.75 Å². The van der Waals surface area contributed by atoms with E-state index in [4.69, 9.17) is 18.0 Å². The van der Waals surface area contributed by atoms with E-state index in [0.717, 1.165) is 26.1 Å². The molecule has 0 radical (unpaired) electrons. The molecular weight excluding hydrogens is 212 g/mol. The van der Waals surface area contributed by atoms with Crippen LogP contribution in [-0.2, 0) is 0 Å². The predicted octanol–water partition coefficient (Wildman–Crippen LogP) is 1.98. The van der Waals surface area contributed by atoms with Crippen LogP contribution in [0.25, 0.3) is 0 Å². The van der Waals surface area contributed by atoms with Gasteiger partial charge in [-0.05, 0) is 12.2 Å². The van der Waals surface area contributed by atoms with Gasteiger partial charge < -0.3 is 10.6 Å². The molecule has 0 unspecified atom stereocenters. The maximum atomic E-state index is 5.50. The van der Waals surface area contributed by atoms with Gasteiger partial charge in [-0.25, -0.2) is 0 Å². The SMILES string of the molecule is CSCCN(CCC(N)=S)CC(C)C. The third-order valence-corrected chi connectivity index (χ3v) is 2.70. The Morgan fingerprint density at radius 3 is 2.50 bits per heavy atom. The molecule has 84 valence electrons. The standard InChI is InChI=1S/C10H22N2S2/c1-9(2)8-12(6-7-14-3)5-4-10(11)13/h9H,4-8H2,1-3H3,(H2,11,13). The Kier molecular flexibility index (Phi) is 8.63. The summed E-state index contributed by atoms with van der Waals surface area (Å²) in [6.45, 7) is 7.78. The zero-order valence-electron chi connectivity index (χ0n) is 9.45. The van der Waals surface area contributed by atoms with Crippen molar-refractivity contribution in [2.45, 2.75) is 20.3 Å². The fourth-order valence-electron chi connectivity index (χ4n) is 1.30. The minimum atomic E-state index is 0.628. The van der Waals surface area contributed by atoms with Crippen LogP contribution in [0.5, 0.6) is 0 Å². The van der Waals surface area contributed by atoms with Crippen molar-refractivity contribution in [2.75, 3.05) is 31.6 Å². The van der Waals surface area contributed by atoms with E-state index in [0.29, 0.717) is 10.9 Å². The monoisotopic (exact) mass is 234 g/mol. The Morgan fingerprint density at radius 1 is 1.43 bits per heavy atom. The van der Waals surface area contributed by atoms with Crippen LogP contribution in [0.15, 0.2) is 0 Å². The second-order valence-electron chi connectivity index (χ2n) is 3.90. The van der Waals surface area contributed by atoms with Gasteiger partial charge in [0.05, 0.1) is 4.99 Å². The summed E-state index contributed by atoms with van der Waals surface area (Å²) in [4.78, 5) is 3.07. The predicted molar refractivity (Wildman–Crippen MR) is 71.1 cm³/mol. The lowest BCUT2D eigenvalue weighted by Crippen LogP contribution is -2.32. The first-order chi connectivity index (χ1) is 6.56. The summed E-state index contributed by atoms with van der Waals surface area (Å²) in [5.41, 5.74) is 5.50. The molecule has 0 atom stereocenters. The average molecular weight is 234 g/mol. The van der Waals surface area contributed by atoms with Gasteiger partial charge in [-0.3, -0.25) is 0 Å². The summed E-state index contributed by atoms with van der Waals surface area (Å²) in [6, 6.07) is 0. The molecule has 0 aliphatic carbocycles. The van der Waals surface area contributed by atoms with Crippen LogP contribution in [0.1, 0.15) is 20.3 Å². The van der Waals surface area contributed by atoms with E-state index in [2.05, 4.69) is 25.0 Å². The van der Waals surface area contributed by atoms with Crippen LogP contribution in [0.4, 0.5) is 0 Å². The second kappa shape index (κ2) is 8.50. The minimum absolute atomic E-state index is 0.628. The van der Waals surface area contributed by atoms with E-state index in [-0.39, 0.29) is 0 Å². The minimum Gasteiger partial charge on any atom is -0.393 e. The molecule has 0 aromatic carbocycles. The molecule has 0 fully saturated rings. The molecule has 0 saturated heterocycles. The Hall–Kier alpha value is 0.200. The molecule has 0 aliphatic rings. The summed E-state index contributed by atoms with van der Waals surface area (Å²) in [5.74, 6) is 1.90. The molecule has 14 heavy (non-hydrogen) atoms. The van der Waals surface area contributed by atoms with Gasteiger partial charge in [0.1, 0.15) is 0 Å². The van der Waals surface area contributed by atoms with Gasteiger partial charge in [0.25, 0.3) is 0 Å². The molecule has 2 nitrogen and oxygen atoms in total. The van der Waals surface area contributed by atoms with Crippen molar-refractivity contribution in [1.29, 1.82) is 0 Å². The largest absolute Gasteiger partial charge is 0.393 e. The van der Waals surface area contributed by atoms with Crippen molar-refractivity contribution in [2.24, 2.45) is 11.7 Å². The lowest BCUT2D eigenvalue weighted by atomic mass is 10.2. The van der Waals surface area contributed by atoms with Crippen LogP contribution in [-0.4, -0.2) is 41.5 Å². The Labute approximate surface area is 97.6 Å². The van der Waals surface area contributed by atoms with Crippen molar-refractivity contribution >= 4 is 29.0 Å². The number of rotatable bonds is 8. The Balaban J connectivity index is 3.77. The highest BCUT2D eigenvalue weighted by Gasteiger charge is 2.06. The molecule has 0 saturated carbocycles. The van der Waals surface area contributed by atoms with E-state index in [1.807, 2.05) is 11.8 Å². The van der Waals surface area contributed by atoms with E-state index in [9.17, 15) is 0 Å². The van der Waals surface area contributed by atoms with Crippen LogP contribution in [0.2, 0.25) is 0 Å². The van der Waals surface area contributed by atoms with Crippen molar-refractivity contribution < 1.29 is 0 Å². The number of nitrogens with zero attached hydrogens (tertiary/aromatic N) is 1. The second-order valence-corrected chi connectivity index (χ2v) is 5.41. The molecule has 0 aromatic heterocycles. The van der Waals surface area contributed by atoms with Gasteiger partial charge in [-0.1, -0.05) is 26.1 Å². The number of thiocarbonyl (C=S) groups is 1. The highest BCUT2D eigenvalue weighted by Crippen LogP contribution is 2.02. The lowest BCUT2D eigenvalue weighted by molar-refractivity contribution is 0.265. The Bertz CT molecular complexity index is 160. The van der Waals surface area contributed by atoms with Crippen molar-refractivity contribution in [3.8, 4) is 0 Å². The Morgan fingerprint density at radius 2 is 2.07 bits per heavy atom. The lowest BCUT2D eigenvalue weighted by Gasteiger charge is -2.23. The molecule has 0 bridgehead atoms. The van der Waals surface area contributed by atoms with E-state index in [1.54, 1.807) is 0 Å². The first kappa shape index (κ1) is 14.2. The first-order valence-corrected chi connectivity index (χ1v) is 6.86. The maximum Gasteiger partial charge on any atom is 0.0740 e. The van der Waals surface area contributed by atoms with Crippen molar-refractivity contribution in [3.05, 3.63) is 0 Å². The molecule has 0 spiro atoms.